The molecule has 0 aromatic rings. The Morgan fingerprint density at radius 2 is 1.61 bits per heavy atom. The molecule has 0 aliphatic heterocycles. The fourth-order valence-corrected chi connectivity index (χ4v) is 11.7. The van der Waals surface area contributed by atoms with Crippen LogP contribution in [0.25, 0.3) is 0 Å². The van der Waals surface area contributed by atoms with E-state index < -0.39 is 17.5 Å². The van der Waals surface area contributed by atoms with Gasteiger partial charge in [0.2, 0.25) is 0 Å². The van der Waals surface area contributed by atoms with Crippen LogP contribution in [0.15, 0.2) is 11.1 Å². The van der Waals surface area contributed by atoms with Crippen molar-refractivity contribution in [2.24, 2.45) is 56.7 Å². The molecule has 5 aliphatic carbocycles. The zero-order valence-electron chi connectivity index (χ0n) is 25.5. The summed E-state index contributed by atoms with van der Waals surface area (Å²) in [6.45, 7) is 20.9. The summed E-state index contributed by atoms with van der Waals surface area (Å²) in [5.74, 6) is 2.28. The van der Waals surface area contributed by atoms with Crippen LogP contribution in [0, 0.1) is 56.7 Å². The highest BCUT2D eigenvalue weighted by atomic mass is 16.5. The monoisotopic (exact) mass is 524 g/mol. The molecule has 5 rings (SSSR count). The van der Waals surface area contributed by atoms with Gasteiger partial charge in [-0.2, -0.15) is 0 Å². The zero-order valence-corrected chi connectivity index (χ0v) is 25.5. The van der Waals surface area contributed by atoms with Gasteiger partial charge in [-0.05, 0) is 114 Å². The lowest BCUT2D eigenvalue weighted by atomic mass is 9.32. The van der Waals surface area contributed by atoms with Crippen LogP contribution in [0.4, 0.5) is 0 Å². The van der Waals surface area contributed by atoms with Crippen molar-refractivity contribution >= 4 is 18.0 Å². The van der Waals surface area contributed by atoms with Gasteiger partial charge in [0.15, 0.2) is 18.2 Å². The van der Waals surface area contributed by atoms with Gasteiger partial charge in [0, 0.05) is 18.8 Å². The molecule has 0 aromatic carbocycles. The molecular formula is C34H52O4. The second-order valence-electron chi connectivity index (χ2n) is 15.8. The summed E-state index contributed by atoms with van der Waals surface area (Å²) in [6.07, 6.45) is 9.41. The molecule has 4 heteroatoms. The summed E-state index contributed by atoms with van der Waals surface area (Å²) in [5.41, 5.74) is 2.42. The van der Waals surface area contributed by atoms with Crippen molar-refractivity contribution < 1.29 is 19.1 Å². The van der Waals surface area contributed by atoms with E-state index in [4.69, 9.17) is 4.74 Å². The van der Waals surface area contributed by atoms with Gasteiger partial charge in [-0.3, -0.25) is 14.4 Å². The molecule has 9 atom stereocenters. The molecule has 0 amide bonds. The standard InChI is InChI=1S/C34H52O4/c1-20(2)28-24(37)18-34(27(19-35)38-22(4)36)17-16-32(8)23(29(28)34)10-11-26-31(7)14-12-21(3)30(5,6)25(31)13-15-33(26,32)9/h19-21,23,25-27H,10-18H2,1-9H3/t21-,23+,25-,26+,27?,31-,32+,33+,34-/m0/s1. The fourth-order valence-electron chi connectivity index (χ4n) is 11.7. The minimum Gasteiger partial charge on any atom is -0.454 e. The largest absolute Gasteiger partial charge is 0.454 e. The molecule has 0 saturated heterocycles. The highest BCUT2D eigenvalue weighted by Gasteiger charge is 2.70. The minimum absolute atomic E-state index is 0.0599. The Labute approximate surface area is 231 Å². The zero-order chi connectivity index (χ0) is 28.1. The van der Waals surface area contributed by atoms with Gasteiger partial charge in [0.05, 0.1) is 0 Å². The van der Waals surface area contributed by atoms with E-state index in [9.17, 15) is 14.4 Å². The molecule has 38 heavy (non-hydrogen) atoms. The van der Waals surface area contributed by atoms with Gasteiger partial charge in [-0.25, -0.2) is 0 Å². The molecule has 0 aromatic heterocycles. The van der Waals surface area contributed by atoms with E-state index in [1.54, 1.807) is 0 Å². The van der Waals surface area contributed by atoms with Gasteiger partial charge >= 0.3 is 5.97 Å². The Bertz CT molecular complexity index is 1070. The number of fused-ring (bicyclic) bond motifs is 7. The normalized spacial score (nSPS) is 46.5. The van der Waals surface area contributed by atoms with E-state index in [0.717, 1.165) is 43.0 Å². The average molecular weight is 525 g/mol. The Hall–Kier alpha value is -1.45. The quantitative estimate of drug-likeness (QED) is 0.279. The van der Waals surface area contributed by atoms with Crippen LogP contribution in [-0.2, 0) is 19.1 Å². The van der Waals surface area contributed by atoms with Crippen molar-refractivity contribution in [3.05, 3.63) is 11.1 Å². The molecule has 212 valence electrons. The second-order valence-corrected chi connectivity index (χ2v) is 15.8. The number of Topliss-reactive ketones (excluding diaryl/α,β-unsaturated/α-hetero) is 1. The highest BCUT2D eigenvalue weighted by Crippen LogP contribution is 2.77. The fraction of sp³-hybridized carbons (Fsp3) is 0.853. The van der Waals surface area contributed by atoms with E-state index >= 15 is 0 Å². The number of hydrogen-bond donors (Lipinski definition) is 0. The maximum absolute atomic E-state index is 13.7. The molecule has 0 radical (unpaired) electrons. The van der Waals surface area contributed by atoms with Crippen LogP contribution < -0.4 is 0 Å². The van der Waals surface area contributed by atoms with Crippen molar-refractivity contribution in [1.82, 2.24) is 0 Å². The molecule has 1 unspecified atom stereocenters. The third-order valence-corrected chi connectivity index (χ3v) is 14.0. The average Bonchev–Trinajstić information content (AvgIpc) is 3.13. The molecule has 0 heterocycles. The molecule has 0 spiro atoms. The molecule has 5 aliphatic rings. The predicted octanol–water partition coefficient (Wildman–Crippen LogP) is 7.73. The first-order valence-electron chi connectivity index (χ1n) is 15.5. The third-order valence-electron chi connectivity index (χ3n) is 14.0. The number of ether oxygens (including phenoxy) is 1. The first-order valence-corrected chi connectivity index (χ1v) is 15.5. The minimum atomic E-state index is -0.876. The maximum Gasteiger partial charge on any atom is 0.303 e. The summed E-state index contributed by atoms with van der Waals surface area (Å²) in [6, 6.07) is 0. The van der Waals surface area contributed by atoms with Crippen molar-refractivity contribution in [3.63, 3.8) is 0 Å². The number of rotatable bonds is 4. The van der Waals surface area contributed by atoms with Crippen LogP contribution in [0.1, 0.15) is 120 Å². The lowest BCUT2D eigenvalue weighted by Crippen LogP contribution is -2.65. The smallest absolute Gasteiger partial charge is 0.303 e. The highest BCUT2D eigenvalue weighted by molar-refractivity contribution is 6.01. The van der Waals surface area contributed by atoms with E-state index in [0.29, 0.717) is 23.2 Å². The number of esters is 1. The van der Waals surface area contributed by atoms with E-state index in [-0.39, 0.29) is 28.4 Å². The Morgan fingerprint density at radius 3 is 2.21 bits per heavy atom. The Morgan fingerprint density at radius 1 is 0.921 bits per heavy atom. The Balaban J connectivity index is 1.62. The van der Waals surface area contributed by atoms with Gasteiger partial charge in [-0.1, -0.05) is 55.4 Å². The summed E-state index contributed by atoms with van der Waals surface area (Å²) in [7, 11) is 0. The van der Waals surface area contributed by atoms with Crippen molar-refractivity contribution in [2.45, 2.75) is 126 Å². The number of aldehydes is 1. The van der Waals surface area contributed by atoms with E-state index in [2.05, 4.69) is 55.4 Å². The van der Waals surface area contributed by atoms with Gasteiger partial charge in [0.1, 0.15) is 0 Å². The molecule has 0 N–H and O–H groups in total. The molecule has 0 bridgehead atoms. The van der Waals surface area contributed by atoms with Crippen LogP contribution >= 0.6 is 0 Å². The summed E-state index contributed by atoms with van der Waals surface area (Å²) >= 11 is 0. The molecule has 4 saturated carbocycles. The lowest BCUT2D eigenvalue weighted by Gasteiger charge is -2.72. The van der Waals surface area contributed by atoms with E-state index in [1.807, 2.05) is 0 Å². The SMILES string of the molecule is CC(=O)OC(C=O)[C@@]12CC[C@]3(C)[C@H](CC[C@@H]4[C@@]5(C)CC[C@H](C)C(C)(C)[C@@H]5CC[C@]43C)C1=C(C(C)C)C(=O)C2. The topological polar surface area (TPSA) is 60.4 Å². The second kappa shape index (κ2) is 8.77. The van der Waals surface area contributed by atoms with Gasteiger partial charge in [0.25, 0.3) is 0 Å². The number of carbonyl (C=O) groups excluding carboxylic acids is 3. The lowest BCUT2D eigenvalue weighted by molar-refractivity contribution is -0.222. The first kappa shape index (κ1) is 28.1. The Kier molecular flexibility index (Phi) is 6.49. The van der Waals surface area contributed by atoms with Crippen LogP contribution in [0.2, 0.25) is 0 Å². The number of ketones is 1. The van der Waals surface area contributed by atoms with Crippen LogP contribution in [0.3, 0.4) is 0 Å². The number of hydrogen-bond acceptors (Lipinski definition) is 4. The van der Waals surface area contributed by atoms with Crippen LogP contribution in [-0.4, -0.2) is 24.1 Å². The van der Waals surface area contributed by atoms with Crippen molar-refractivity contribution in [3.8, 4) is 0 Å². The summed E-state index contributed by atoms with van der Waals surface area (Å²) < 4.78 is 5.69. The number of carbonyl (C=O) groups is 3. The summed E-state index contributed by atoms with van der Waals surface area (Å²) in [5, 5.41) is 0. The van der Waals surface area contributed by atoms with Crippen molar-refractivity contribution in [2.75, 3.05) is 0 Å². The van der Waals surface area contributed by atoms with Gasteiger partial charge in [-0.15, -0.1) is 0 Å². The molecular weight excluding hydrogens is 472 g/mol. The predicted molar refractivity (Wildman–Crippen MR) is 150 cm³/mol. The molecule has 4 fully saturated rings. The third kappa shape index (κ3) is 3.43. The number of allylic oxidation sites excluding steroid dienone is 1. The van der Waals surface area contributed by atoms with Crippen LogP contribution in [0.5, 0.6) is 0 Å². The van der Waals surface area contributed by atoms with Gasteiger partial charge < -0.3 is 4.74 Å². The maximum atomic E-state index is 13.7. The molecule has 4 nitrogen and oxygen atoms in total. The summed E-state index contributed by atoms with van der Waals surface area (Å²) in [4.78, 5) is 38.2. The first-order chi connectivity index (χ1) is 17.6. The van der Waals surface area contributed by atoms with E-state index in [1.165, 1.54) is 44.6 Å². The van der Waals surface area contributed by atoms with Crippen molar-refractivity contribution in [1.29, 1.82) is 0 Å².